The molecule has 1 aromatic heterocycles. The van der Waals surface area contributed by atoms with E-state index in [2.05, 4.69) is 40.2 Å². The minimum Gasteiger partial charge on any atom is -0.461 e. The zero-order chi connectivity index (χ0) is 41.1. The van der Waals surface area contributed by atoms with Gasteiger partial charge in [0.2, 0.25) is 11.8 Å². The van der Waals surface area contributed by atoms with Crippen LogP contribution in [-0.4, -0.2) is 51.8 Å². The lowest BCUT2D eigenvalue weighted by molar-refractivity contribution is -0.145. The van der Waals surface area contributed by atoms with E-state index in [4.69, 9.17) is 10.5 Å². The van der Waals surface area contributed by atoms with Crippen molar-refractivity contribution in [1.82, 2.24) is 14.8 Å². The largest absolute Gasteiger partial charge is 0.461 e. The van der Waals surface area contributed by atoms with Crippen LogP contribution >= 0.6 is 0 Å². The topological polar surface area (TPSA) is 124 Å². The molecule has 0 aliphatic carbocycles. The Labute approximate surface area is 344 Å². The van der Waals surface area contributed by atoms with Gasteiger partial charge in [0.25, 0.3) is 5.91 Å². The smallest absolute Gasteiger partial charge is 0.306 e. The summed E-state index contributed by atoms with van der Waals surface area (Å²) in [6, 6.07) is 44.3. The lowest BCUT2D eigenvalue weighted by atomic mass is 9.97. The molecule has 7 rings (SSSR count). The van der Waals surface area contributed by atoms with Crippen LogP contribution in [0.25, 0.3) is 32.4 Å². The minimum absolute atomic E-state index is 0.0489. The number of carbonyl (C=O) groups excluding carboxylic acids is 4. The van der Waals surface area contributed by atoms with Gasteiger partial charge in [0, 0.05) is 49.1 Å². The Morgan fingerprint density at radius 1 is 0.746 bits per heavy atom. The highest BCUT2D eigenvalue weighted by Gasteiger charge is 2.32. The molecule has 300 valence electrons. The first-order chi connectivity index (χ1) is 28.8. The summed E-state index contributed by atoms with van der Waals surface area (Å²) in [7, 11) is 0. The van der Waals surface area contributed by atoms with E-state index in [9.17, 15) is 19.2 Å². The zero-order valence-electron chi connectivity index (χ0n) is 33.4. The molecule has 7 aromatic rings. The van der Waals surface area contributed by atoms with E-state index < -0.39 is 29.9 Å². The molecule has 0 saturated carbocycles. The van der Waals surface area contributed by atoms with Crippen LogP contribution in [0.15, 0.2) is 146 Å². The molecule has 6 aromatic carbocycles. The first-order valence-electron chi connectivity index (χ1n) is 20.4. The molecule has 2 atom stereocenters. The Kier molecular flexibility index (Phi) is 13.1. The quantitative estimate of drug-likeness (QED) is 0.0843. The fourth-order valence-corrected chi connectivity index (χ4v) is 8.00. The Balaban J connectivity index is 1.16. The summed E-state index contributed by atoms with van der Waals surface area (Å²) in [5.74, 6) is -1.65. The van der Waals surface area contributed by atoms with Crippen LogP contribution in [0.1, 0.15) is 66.1 Å². The molecule has 0 saturated heterocycles. The van der Waals surface area contributed by atoms with Crippen molar-refractivity contribution >= 4 is 56.1 Å². The zero-order valence-corrected chi connectivity index (χ0v) is 33.4. The van der Waals surface area contributed by atoms with Crippen molar-refractivity contribution in [2.45, 2.75) is 70.7 Å². The van der Waals surface area contributed by atoms with Crippen molar-refractivity contribution in [2.24, 2.45) is 5.73 Å². The summed E-state index contributed by atoms with van der Waals surface area (Å²) in [6.07, 6.45) is 3.35. The molecule has 0 bridgehead atoms. The molecule has 0 unspecified atom stereocenters. The van der Waals surface area contributed by atoms with Crippen LogP contribution < -0.4 is 11.1 Å². The summed E-state index contributed by atoms with van der Waals surface area (Å²) in [5, 5.41) is 8.26. The Morgan fingerprint density at radius 3 is 2.22 bits per heavy atom. The highest BCUT2D eigenvalue weighted by Crippen LogP contribution is 2.27. The number of nitrogens with zero attached hydrogens (tertiary/aromatic N) is 2. The monoisotopic (exact) mass is 786 g/mol. The second-order valence-corrected chi connectivity index (χ2v) is 15.1. The van der Waals surface area contributed by atoms with E-state index in [1.807, 2.05) is 122 Å². The number of rotatable bonds is 18. The number of benzene rings is 6. The van der Waals surface area contributed by atoms with Gasteiger partial charge in [0.1, 0.15) is 12.6 Å². The number of carbonyl (C=O) groups is 4. The predicted octanol–water partition coefficient (Wildman–Crippen LogP) is 8.73. The second-order valence-electron chi connectivity index (χ2n) is 15.1. The first-order valence-corrected chi connectivity index (χ1v) is 20.4. The van der Waals surface area contributed by atoms with Gasteiger partial charge in [0.15, 0.2) is 0 Å². The summed E-state index contributed by atoms with van der Waals surface area (Å²) >= 11 is 0. The molecule has 0 spiro atoms. The number of hydrogen-bond acceptors (Lipinski definition) is 5. The summed E-state index contributed by atoms with van der Waals surface area (Å²) in [5.41, 5.74) is 10.1. The normalized spacial score (nSPS) is 12.3. The Hall–Kier alpha value is -6.74. The third kappa shape index (κ3) is 10.0. The van der Waals surface area contributed by atoms with E-state index in [1.165, 1.54) is 0 Å². The van der Waals surface area contributed by atoms with Crippen LogP contribution in [0.4, 0.5) is 0 Å². The third-order valence-corrected chi connectivity index (χ3v) is 10.9. The molecule has 3 amide bonds. The fraction of sp³-hybridized carbons (Fsp3) is 0.240. The number of nitrogens with one attached hydrogen (secondary N) is 1. The number of nitrogens with two attached hydrogens (primary N) is 1. The van der Waals surface area contributed by atoms with E-state index >= 15 is 0 Å². The van der Waals surface area contributed by atoms with Gasteiger partial charge in [-0.05, 0) is 70.0 Å². The van der Waals surface area contributed by atoms with Crippen molar-refractivity contribution in [3.05, 3.63) is 168 Å². The lowest BCUT2D eigenvalue weighted by Crippen LogP contribution is -2.53. The third-order valence-electron chi connectivity index (χ3n) is 10.9. The number of aromatic nitrogens is 1. The first kappa shape index (κ1) is 40.5. The number of primary amides is 1. The standard InChI is InChI=1S/C50H50N4O5/c1-2-28-54(41(31-47(51)55)30-36-26-27-37-16-6-7-18-39(37)29-36)50(58)45(23-13-25-48(56)59-34-35-14-4-3-5-15-35)52-49(57)44-33-53(46-24-11-10-22-43(44)46)32-40-20-12-19-38-17-8-9-21-42(38)40/h3-12,14-22,24,26-27,29,33,41,45H,2,13,23,25,28,30-32,34H2,1H3,(H2,51,55)(H,52,57)/t41-,45-/m0/s1. The lowest BCUT2D eigenvalue weighted by Gasteiger charge is -2.34. The summed E-state index contributed by atoms with van der Waals surface area (Å²) in [6.45, 7) is 3.00. The van der Waals surface area contributed by atoms with Crippen LogP contribution in [0, 0.1) is 0 Å². The minimum atomic E-state index is -0.997. The van der Waals surface area contributed by atoms with Gasteiger partial charge in [-0.3, -0.25) is 19.2 Å². The molecule has 1 heterocycles. The SMILES string of the molecule is CCCN(C(=O)[C@H](CCCC(=O)OCc1ccccc1)NC(=O)c1cn(Cc2cccc3ccccc23)c2ccccc12)[C@H](CC(N)=O)Cc1ccc2ccccc2c1. The Morgan fingerprint density at radius 2 is 1.44 bits per heavy atom. The molecule has 0 aliphatic rings. The molecule has 3 N–H and O–H groups in total. The maximum Gasteiger partial charge on any atom is 0.306 e. The average molecular weight is 787 g/mol. The molecule has 0 aliphatic heterocycles. The van der Waals surface area contributed by atoms with Crippen molar-refractivity contribution in [2.75, 3.05) is 6.54 Å². The van der Waals surface area contributed by atoms with Crippen molar-refractivity contribution in [3.8, 4) is 0 Å². The molecular formula is C50H50N4O5. The van der Waals surface area contributed by atoms with Gasteiger partial charge in [-0.1, -0.05) is 140 Å². The van der Waals surface area contributed by atoms with Crippen LogP contribution in [0.5, 0.6) is 0 Å². The molecule has 9 nitrogen and oxygen atoms in total. The second kappa shape index (κ2) is 19.1. The van der Waals surface area contributed by atoms with Gasteiger partial charge in [-0.25, -0.2) is 0 Å². The number of para-hydroxylation sites is 1. The van der Waals surface area contributed by atoms with Crippen LogP contribution in [0.2, 0.25) is 0 Å². The Bertz CT molecular complexity index is 2580. The van der Waals surface area contributed by atoms with Gasteiger partial charge in [-0.15, -0.1) is 0 Å². The van der Waals surface area contributed by atoms with E-state index in [0.29, 0.717) is 31.5 Å². The average Bonchev–Trinajstić information content (AvgIpc) is 3.62. The van der Waals surface area contributed by atoms with Crippen LogP contribution in [0.3, 0.4) is 0 Å². The summed E-state index contributed by atoms with van der Waals surface area (Å²) in [4.78, 5) is 56.5. The molecular weight excluding hydrogens is 737 g/mol. The van der Waals surface area contributed by atoms with Crippen molar-refractivity contribution in [1.29, 1.82) is 0 Å². The number of fused-ring (bicyclic) bond motifs is 3. The highest BCUT2D eigenvalue weighted by molar-refractivity contribution is 6.08. The fourth-order valence-electron chi connectivity index (χ4n) is 8.00. The van der Waals surface area contributed by atoms with E-state index in [-0.39, 0.29) is 38.2 Å². The summed E-state index contributed by atoms with van der Waals surface area (Å²) < 4.78 is 7.61. The molecule has 0 fully saturated rings. The van der Waals surface area contributed by atoms with Gasteiger partial charge in [0.05, 0.1) is 5.56 Å². The molecule has 59 heavy (non-hydrogen) atoms. The maximum atomic E-state index is 14.9. The predicted molar refractivity (Wildman–Crippen MR) is 234 cm³/mol. The van der Waals surface area contributed by atoms with Crippen molar-refractivity contribution < 1.29 is 23.9 Å². The maximum absolute atomic E-state index is 14.9. The number of ether oxygens (including phenoxy) is 1. The van der Waals surface area contributed by atoms with Gasteiger partial charge in [-0.2, -0.15) is 0 Å². The molecule has 0 radical (unpaired) electrons. The number of hydrogen-bond donors (Lipinski definition) is 2. The molecule has 9 heteroatoms. The van der Waals surface area contributed by atoms with Crippen LogP contribution in [-0.2, 0) is 38.7 Å². The van der Waals surface area contributed by atoms with Gasteiger partial charge >= 0.3 is 5.97 Å². The van der Waals surface area contributed by atoms with E-state index in [1.54, 1.807) is 4.90 Å². The number of amides is 3. The van der Waals surface area contributed by atoms with Crippen molar-refractivity contribution in [3.63, 3.8) is 0 Å². The van der Waals surface area contributed by atoms with Gasteiger partial charge < -0.3 is 25.3 Å². The highest BCUT2D eigenvalue weighted by atomic mass is 16.5. The van der Waals surface area contributed by atoms with E-state index in [0.717, 1.165) is 49.1 Å². The number of esters is 1.